The monoisotopic (exact) mass is 287 g/mol. The van der Waals surface area contributed by atoms with E-state index >= 15 is 0 Å². The molecule has 12 heavy (non-hydrogen) atoms. The summed E-state index contributed by atoms with van der Waals surface area (Å²) in [5.41, 5.74) is 5.30. The lowest BCUT2D eigenvalue weighted by atomic mass is 10.2. The lowest BCUT2D eigenvalue weighted by Gasteiger charge is -2.09. The minimum Gasteiger partial charge on any atom is -0.322 e. The van der Waals surface area contributed by atoms with Crippen molar-refractivity contribution in [2.75, 3.05) is 6.54 Å². The molecule has 0 bridgehead atoms. The van der Waals surface area contributed by atoms with Crippen LogP contribution in [0, 0.1) is 4.91 Å². The van der Waals surface area contributed by atoms with Gasteiger partial charge >= 0.3 is 0 Å². The molecule has 0 saturated heterocycles. The van der Waals surface area contributed by atoms with Gasteiger partial charge in [0.1, 0.15) is 29.3 Å². The van der Waals surface area contributed by atoms with E-state index in [9.17, 15) is 9.70 Å². The van der Waals surface area contributed by atoms with Crippen molar-refractivity contribution >= 4 is 29.3 Å². The minimum atomic E-state index is -0.465. The smallest absolute Gasteiger partial charge is 0.147 e. The Kier molecular flexibility index (Phi) is 7.20. The third kappa shape index (κ3) is 5.38. The van der Waals surface area contributed by atoms with Crippen LogP contribution in [0.4, 0.5) is 0 Å². The highest BCUT2D eigenvalue weighted by Crippen LogP contribution is 2.01. The molecule has 0 aliphatic carbocycles. The fourth-order valence-electron chi connectivity index (χ4n) is 0.618. The van der Waals surface area contributed by atoms with Crippen LogP contribution in [0.1, 0.15) is 12.8 Å². The van der Waals surface area contributed by atoms with E-state index in [1.54, 1.807) is 23.0 Å². The Bertz CT molecular complexity index is 146. The van der Waals surface area contributed by atoms with Gasteiger partial charge in [0.2, 0.25) is 0 Å². The van der Waals surface area contributed by atoms with Crippen molar-refractivity contribution in [2.45, 2.75) is 18.9 Å². The molecule has 1 atom stereocenters. The van der Waals surface area contributed by atoms with Gasteiger partial charge in [-0.25, -0.2) is 0 Å². The van der Waals surface area contributed by atoms with Gasteiger partial charge in [0.05, 0.1) is 17.9 Å². The highest BCUT2D eigenvalue weighted by atomic mass is 127. The zero-order valence-corrected chi connectivity index (χ0v) is 8.51. The summed E-state index contributed by atoms with van der Waals surface area (Å²) in [6.07, 6.45) is 1.79. The van der Waals surface area contributed by atoms with Crippen LogP contribution in [-0.4, -0.2) is 24.0 Å². The summed E-state index contributed by atoms with van der Waals surface area (Å²) < 4.78 is 4.51. The van der Waals surface area contributed by atoms with Gasteiger partial charge in [-0.3, -0.25) is 0 Å². The van der Waals surface area contributed by atoms with E-state index in [1.165, 1.54) is 0 Å². The largest absolute Gasteiger partial charge is 0.322 e. The van der Waals surface area contributed by atoms with Crippen LogP contribution in [0.25, 0.3) is 0 Å². The number of halogens is 1. The molecule has 0 aromatic rings. The number of hydrogen-bond acceptors (Lipinski definition) is 5. The van der Waals surface area contributed by atoms with E-state index in [-0.39, 0.29) is 0 Å². The van der Waals surface area contributed by atoms with E-state index < -0.39 is 6.04 Å². The SMILES string of the molecule is NC(C=O)CCCN(N=O)OI. The first-order valence-electron chi connectivity index (χ1n) is 3.35. The number of hydrogen-bond donors (Lipinski definition) is 1. The zero-order valence-electron chi connectivity index (χ0n) is 6.35. The zero-order chi connectivity index (χ0) is 9.40. The van der Waals surface area contributed by atoms with E-state index in [4.69, 9.17) is 5.73 Å². The van der Waals surface area contributed by atoms with Crippen molar-refractivity contribution in [1.82, 2.24) is 5.17 Å². The number of aldehydes is 1. The Morgan fingerprint density at radius 3 is 2.83 bits per heavy atom. The van der Waals surface area contributed by atoms with Crippen LogP contribution in [0.2, 0.25) is 0 Å². The van der Waals surface area contributed by atoms with Gasteiger partial charge in [-0.2, -0.15) is 3.17 Å². The van der Waals surface area contributed by atoms with Gasteiger partial charge in [-0.05, 0) is 12.8 Å². The number of carbonyl (C=O) groups is 1. The number of rotatable bonds is 7. The highest BCUT2D eigenvalue weighted by Gasteiger charge is 2.04. The molecule has 1 unspecified atom stereocenters. The molecule has 0 saturated carbocycles. The van der Waals surface area contributed by atoms with Gasteiger partial charge in [-0.15, -0.1) is 10.1 Å². The maximum Gasteiger partial charge on any atom is 0.147 e. The predicted molar refractivity (Wildman–Crippen MR) is 50.9 cm³/mol. The second kappa shape index (κ2) is 7.37. The molecule has 0 rings (SSSR count). The Balaban J connectivity index is 3.40. The lowest BCUT2D eigenvalue weighted by molar-refractivity contribution is -0.109. The summed E-state index contributed by atoms with van der Waals surface area (Å²) >= 11 is 1.55. The molecule has 0 aliphatic rings. The van der Waals surface area contributed by atoms with Crippen LogP contribution in [0.3, 0.4) is 0 Å². The summed E-state index contributed by atoms with van der Waals surface area (Å²) in [6.45, 7) is 0.341. The van der Waals surface area contributed by atoms with Gasteiger partial charge in [-0.1, -0.05) is 0 Å². The quantitative estimate of drug-likeness (QED) is 0.320. The third-order valence-electron chi connectivity index (χ3n) is 1.23. The average Bonchev–Trinajstić information content (AvgIpc) is 2.12. The average molecular weight is 287 g/mol. The second-order valence-electron chi connectivity index (χ2n) is 2.17. The number of nitrogens with zero attached hydrogens (tertiary/aromatic N) is 2. The minimum absolute atomic E-state index is 0.341. The molecule has 0 aromatic heterocycles. The van der Waals surface area contributed by atoms with E-state index in [0.717, 1.165) is 5.17 Å². The topological polar surface area (TPSA) is 85.0 Å². The van der Waals surface area contributed by atoms with Gasteiger partial charge < -0.3 is 10.5 Å². The molecular weight excluding hydrogens is 277 g/mol. The molecule has 0 spiro atoms. The second-order valence-corrected chi connectivity index (χ2v) is 2.56. The van der Waals surface area contributed by atoms with Crippen LogP contribution < -0.4 is 5.73 Å². The summed E-state index contributed by atoms with van der Waals surface area (Å²) in [6, 6.07) is -0.465. The fourth-order valence-corrected chi connectivity index (χ4v) is 0.887. The first-order chi connectivity index (χ1) is 5.74. The molecule has 0 radical (unpaired) electrons. The first-order valence-corrected chi connectivity index (χ1v) is 4.23. The highest BCUT2D eigenvalue weighted by molar-refractivity contribution is 14.1. The van der Waals surface area contributed by atoms with Crippen molar-refractivity contribution in [3.8, 4) is 0 Å². The predicted octanol–water partition coefficient (Wildman–Crippen LogP) is 0.558. The Hall–Kier alpha value is -0.280. The normalized spacial score (nSPS) is 12.2. The molecule has 0 aliphatic heterocycles. The molecule has 0 aromatic carbocycles. The van der Waals surface area contributed by atoms with Crippen molar-refractivity contribution in [3.05, 3.63) is 4.91 Å². The summed E-state index contributed by atoms with van der Waals surface area (Å²) in [5, 5.41) is 3.44. The number of carbonyl (C=O) groups excluding carboxylic acids is 1. The molecule has 2 N–H and O–H groups in total. The van der Waals surface area contributed by atoms with Gasteiger partial charge in [0, 0.05) is 0 Å². The molecule has 7 heteroatoms. The van der Waals surface area contributed by atoms with E-state index in [1.807, 2.05) is 0 Å². The number of nitroso groups, excluding NO2 is 1. The van der Waals surface area contributed by atoms with Crippen LogP contribution >= 0.6 is 23.0 Å². The van der Waals surface area contributed by atoms with Crippen LogP contribution in [-0.2, 0) is 7.96 Å². The Morgan fingerprint density at radius 2 is 2.42 bits per heavy atom. The fraction of sp³-hybridized carbons (Fsp3) is 0.800. The summed E-state index contributed by atoms with van der Waals surface area (Å²) in [7, 11) is 0. The lowest BCUT2D eigenvalue weighted by Crippen LogP contribution is -2.23. The first kappa shape index (κ1) is 11.7. The standard InChI is InChI=1S/C5H10IN3O3/c6-12-9(8-11)3-1-2-5(7)4-10/h4-5H,1-3,7H2. The Morgan fingerprint density at radius 1 is 1.75 bits per heavy atom. The van der Waals surface area contributed by atoms with Crippen LogP contribution in [0.5, 0.6) is 0 Å². The van der Waals surface area contributed by atoms with E-state index in [0.29, 0.717) is 25.7 Å². The summed E-state index contributed by atoms with van der Waals surface area (Å²) in [5.74, 6) is 0. The molecule has 70 valence electrons. The van der Waals surface area contributed by atoms with Crippen molar-refractivity contribution in [1.29, 1.82) is 0 Å². The van der Waals surface area contributed by atoms with Gasteiger partial charge in [0.25, 0.3) is 0 Å². The summed E-state index contributed by atoms with van der Waals surface area (Å²) in [4.78, 5) is 20.0. The molecule has 0 heterocycles. The van der Waals surface area contributed by atoms with Gasteiger partial charge in [0.15, 0.2) is 0 Å². The molecule has 0 fully saturated rings. The number of hydroxylamine groups is 1. The molecule has 0 amide bonds. The Labute approximate surface area is 84.0 Å². The maximum atomic E-state index is 10.1. The van der Waals surface area contributed by atoms with Crippen LogP contribution in [0.15, 0.2) is 5.29 Å². The van der Waals surface area contributed by atoms with Crippen molar-refractivity contribution in [3.63, 3.8) is 0 Å². The maximum absolute atomic E-state index is 10.1. The van der Waals surface area contributed by atoms with Crippen molar-refractivity contribution in [2.24, 2.45) is 11.0 Å². The van der Waals surface area contributed by atoms with Crippen molar-refractivity contribution < 1.29 is 7.96 Å². The number of nitrogens with two attached hydrogens (primary N) is 1. The molecular formula is C5H10IN3O3. The molecule has 6 nitrogen and oxygen atoms in total. The third-order valence-corrected chi connectivity index (χ3v) is 1.69. The van der Waals surface area contributed by atoms with E-state index in [2.05, 4.69) is 8.45 Å².